The van der Waals surface area contributed by atoms with Gasteiger partial charge in [0.2, 0.25) is 5.91 Å². The number of methoxy groups -OCH3 is 1. The van der Waals surface area contributed by atoms with Crippen LogP contribution in [0.5, 0.6) is 0 Å². The van der Waals surface area contributed by atoms with Crippen LogP contribution in [0.2, 0.25) is 0 Å². The van der Waals surface area contributed by atoms with Crippen molar-refractivity contribution in [2.45, 2.75) is 26.0 Å². The molecule has 1 heterocycles. The van der Waals surface area contributed by atoms with Gasteiger partial charge in [-0.15, -0.1) is 0 Å². The molecule has 1 atom stereocenters. The van der Waals surface area contributed by atoms with Crippen LogP contribution in [0.1, 0.15) is 25.8 Å². The van der Waals surface area contributed by atoms with E-state index in [-0.39, 0.29) is 6.42 Å². The van der Waals surface area contributed by atoms with Crippen molar-refractivity contribution in [3.8, 4) is 0 Å². The van der Waals surface area contributed by atoms with Gasteiger partial charge in [-0.2, -0.15) is 10.1 Å². The van der Waals surface area contributed by atoms with Crippen molar-refractivity contribution < 1.29 is 19.4 Å². The molecule has 2 rings (SSSR count). The lowest BCUT2D eigenvalue weighted by molar-refractivity contribution is -0.188. The summed E-state index contributed by atoms with van der Waals surface area (Å²) in [4.78, 5) is 24.1. The molecular formula is C15H18N2O4. The average molecular weight is 290 g/mol. The van der Waals surface area contributed by atoms with Gasteiger partial charge < -0.3 is 9.84 Å². The molecular weight excluding hydrogens is 272 g/mol. The molecule has 112 valence electrons. The number of rotatable bonds is 3. The third-order valence-corrected chi connectivity index (χ3v) is 3.31. The van der Waals surface area contributed by atoms with Crippen LogP contribution < -0.4 is 0 Å². The maximum absolute atomic E-state index is 12.2. The van der Waals surface area contributed by atoms with Crippen molar-refractivity contribution in [1.82, 2.24) is 5.01 Å². The molecule has 0 saturated carbocycles. The van der Waals surface area contributed by atoms with E-state index in [1.54, 1.807) is 26.0 Å². The first kappa shape index (κ1) is 15.2. The summed E-state index contributed by atoms with van der Waals surface area (Å²) in [6.07, 6.45) is -0.0951. The smallest absolute Gasteiger partial charge is 0.361 e. The van der Waals surface area contributed by atoms with E-state index in [4.69, 9.17) is 0 Å². The summed E-state index contributed by atoms with van der Waals surface area (Å²) in [5.74, 6) is -1.74. The van der Waals surface area contributed by atoms with Crippen LogP contribution in [-0.2, 0) is 14.3 Å². The zero-order valence-corrected chi connectivity index (χ0v) is 12.2. The number of hydrogen-bond acceptors (Lipinski definition) is 5. The second kappa shape index (κ2) is 5.65. The molecule has 1 N–H and O–H groups in total. The number of carbonyl (C=O) groups is 2. The van der Waals surface area contributed by atoms with Crippen LogP contribution in [-0.4, -0.2) is 40.5 Å². The summed E-state index contributed by atoms with van der Waals surface area (Å²) >= 11 is 0. The Bertz CT molecular complexity index is 583. The van der Waals surface area contributed by atoms with E-state index in [9.17, 15) is 14.7 Å². The van der Waals surface area contributed by atoms with Gasteiger partial charge in [0.05, 0.1) is 19.2 Å². The lowest BCUT2D eigenvalue weighted by atomic mass is 10.0. The molecule has 0 saturated heterocycles. The summed E-state index contributed by atoms with van der Waals surface area (Å²) in [6, 6.07) is 9.10. The summed E-state index contributed by atoms with van der Waals surface area (Å²) in [5.41, 5.74) is -0.863. The average Bonchev–Trinajstić information content (AvgIpc) is 2.85. The van der Waals surface area contributed by atoms with Gasteiger partial charge in [-0.25, -0.2) is 4.79 Å². The third kappa shape index (κ3) is 2.67. The first-order valence-electron chi connectivity index (χ1n) is 6.68. The van der Waals surface area contributed by atoms with E-state index in [1.165, 1.54) is 7.11 Å². The van der Waals surface area contributed by atoms with Crippen molar-refractivity contribution in [3.63, 3.8) is 0 Å². The molecule has 6 heteroatoms. The largest absolute Gasteiger partial charge is 0.465 e. The van der Waals surface area contributed by atoms with E-state index < -0.39 is 23.5 Å². The molecule has 0 aromatic heterocycles. The fourth-order valence-corrected chi connectivity index (χ4v) is 2.14. The minimum atomic E-state index is -2.08. The standard InChI is InChI=1S/C15H18N2O4/c1-10(2)13(18)17-15(20,14(19)21-3)9-12(16-17)11-7-5-4-6-8-11/h4-8,10,20H,9H2,1-3H3/t15-/m1/s1. The van der Waals surface area contributed by atoms with Gasteiger partial charge in [0.25, 0.3) is 5.72 Å². The van der Waals surface area contributed by atoms with Gasteiger partial charge in [0.1, 0.15) is 0 Å². The van der Waals surface area contributed by atoms with Gasteiger partial charge in [-0.05, 0) is 5.56 Å². The zero-order chi connectivity index (χ0) is 15.6. The topological polar surface area (TPSA) is 79.2 Å². The van der Waals surface area contributed by atoms with Gasteiger partial charge >= 0.3 is 5.97 Å². The van der Waals surface area contributed by atoms with Crippen molar-refractivity contribution in [1.29, 1.82) is 0 Å². The van der Waals surface area contributed by atoms with Crippen LogP contribution in [0.3, 0.4) is 0 Å². The maximum atomic E-state index is 12.2. The normalized spacial score (nSPS) is 21.4. The Morgan fingerprint density at radius 3 is 2.48 bits per heavy atom. The van der Waals surface area contributed by atoms with Crippen molar-refractivity contribution in [3.05, 3.63) is 35.9 Å². The van der Waals surface area contributed by atoms with Crippen LogP contribution in [0, 0.1) is 5.92 Å². The molecule has 1 aromatic carbocycles. The third-order valence-electron chi connectivity index (χ3n) is 3.31. The van der Waals surface area contributed by atoms with E-state index >= 15 is 0 Å². The Balaban J connectivity index is 2.42. The van der Waals surface area contributed by atoms with Gasteiger partial charge in [0, 0.05) is 5.92 Å². The Morgan fingerprint density at radius 1 is 1.33 bits per heavy atom. The second-order valence-corrected chi connectivity index (χ2v) is 5.20. The molecule has 1 amide bonds. The van der Waals surface area contributed by atoms with Crippen LogP contribution in [0.15, 0.2) is 35.4 Å². The van der Waals surface area contributed by atoms with Crippen molar-refractivity contribution in [2.75, 3.05) is 7.11 Å². The second-order valence-electron chi connectivity index (χ2n) is 5.20. The zero-order valence-electron chi connectivity index (χ0n) is 12.2. The highest BCUT2D eigenvalue weighted by Gasteiger charge is 2.52. The van der Waals surface area contributed by atoms with Crippen LogP contribution >= 0.6 is 0 Å². The lowest BCUT2D eigenvalue weighted by Crippen LogP contribution is -2.53. The number of benzene rings is 1. The molecule has 0 fully saturated rings. The van der Waals surface area contributed by atoms with Crippen LogP contribution in [0.25, 0.3) is 0 Å². The highest BCUT2D eigenvalue weighted by Crippen LogP contribution is 2.30. The Kier molecular flexibility index (Phi) is 4.09. The number of carbonyl (C=O) groups excluding carboxylic acids is 2. The number of hydrogen-bond donors (Lipinski definition) is 1. The fourth-order valence-electron chi connectivity index (χ4n) is 2.14. The molecule has 0 unspecified atom stereocenters. The minimum Gasteiger partial charge on any atom is -0.465 e. The molecule has 0 aliphatic carbocycles. The number of esters is 1. The molecule has 0 bridgehead atoms. The summed E-state index contributed by atoms with van der Waals surface area (Å²) in [5, 5.41) is 15.6. The highest BCUT2D eigenvalue weighted by molar-refractivity contribution is 6.07. The monoisotopic (exact) mass is 290 g/mol. The maximum Gasteiger partial charge on any atom is 0.361 e. The SMILES string of the molecule is COC(=O)[C@]1(O)CC(c2ccccc2)=NN1C(=O)C(C)C. The molecule has 21 heavy (non-hydrogen) atoms. The molecule has 1 aromatic rings. The molecule has 6 nitrogen and oxygen atoms in total. The number of ether oxygens (including phenoxy) is 1. The van der Waals surface area contributed by atoms with Crippen LogP contribution in [0.4, 0.5) is 0 Å². The predicted octanol–water partition coefficient (Wildman–Crippen LogP) is 1.14. The highest BCUT2D eigenvalue weighted by atomic mass is 16.5. The summed E-state index contributed by atoms with van der Waals surface area (Å²) in [6.45, 7) is 3.35. The molecule has 0 radical (unpaired) electrons. The Hall–Kier alpha value is -2.21. The minimum absolute atomic E-state index is 0.0951. The molecule has 1 aliphatic rings. The van der Waals surface area contributed by atoms with E-state index in [0.717, 1.165) is 10.6 Å². The van der Waals surface area contributed by atoms with Crippen molar-refractivity contribution in [2.24, 2.45) is 11.0 Å². The Morgan fingerprint density at radius 2 is 1.95 bits per heavy atom. The van der Waals surface area contributed by atoms with Crippen molar-refractivity contribution >= 4 is 17.6 Å². The first-order chi connectivity index (χ1) is 9.90. The fraction of sp³-hybridized carbons (Fsp3) is 0.400. The van der Waals surface area contributed by atoms with Gasteiger partial charge in [-0.1, -0.05) is 44.2 Å². The first-order valence-corrected chi connectivity index (χ1v) is 6.68. The van der Waals surface area contributed by atoms with Gasteiger partial charge in [-0.3, -0.25) is 4.79 Å². The number of nitrogens with zero attached hydrogens (tertiary/aromatic N) is 2. The molecule has 0 spiro atoms. The number of amides is 1. The Labute approximate surface area is 123 Å². The van der Waals surface area contributed by atoms with E-state index in [1.807, 2.05) is 18.2 Å². The predicted molar refractivity (Wildman–Crippen MR) is 76.2 cm³/mol. The lowest BCUT2D eigenvalue weighted by Gasteiger charge is -2.29. The summed E-state index contributed by atoms with van der Waals surface area (Å²) in [7, 11) is 1.17. The van der Waals surface area contributed by atoms with E-state index in [2.05, 4.69) is 9.84 Å². The quantitative estimate of drug-likeness (QED) is 0.847. The van der Waals surface area contributed by atoms with Gasteiger partial charge in [0.15, 0.2) is 0 Å². The van der Waals surface area contributed by atoms with E-state index in [0.29, 0.717) is 5.71 Å². The molecule has 1 aliphatic heterocycles. The number of aliphatic hydroxyl groups is 1. The number of hydrazone groups is 1. The summed E-state index contributed by atoms with van der Waals surface area (Å²) < 4.78 is 4.63.